The number of alkyl halides is 3. The van der Waals surface area contributed by atoms with Crippen molar-refractivity contribution in [1.82, 2.24) is 9.13 Å². The number of aromatic nitrogens is 2. The molecule has 2 rings (SSSR count). The quantitative estimate of drug-likeness (QED) is 0.527. The lowest BCUT2D eigenvalue weighted by atomic mass is 10.2. The van der Waals surface area contributed by atoms with E-state index in [2.05, 4.69) is 0 Å². The van der Waals surface area contributed by atoms with Gasteiger partial charge in [-0.2, -0.15) is 13.2 Å². The summed E-state index contributed by atoms with van der Waals surface area (Å²) in [7, 11) is 0.852. The molecule has 0 saturated heterocycles. The maximum Gasteiger partial charge on any atom is 0.432 e. The Morgan fingerprint density at radius 1 is 1.25 bits per heavy atom. The van der Waals surface area contributed by atoms with Crippen LogP contribution in [0.1, 0.15) is 24.6 Å². The van der Waals surface area contributed by atoms with Crippen LogP contribution in [0.5, 0.6) is 0 Å². The summed E-state index contributed by atoms with van der Waals surface area (Å²) in [5, 5.41) is -0.0108. The Hall–Kier alpha value is -2.07. The monoisotopic (exact) mass is 438 g/mol. The highest BCUT2D eigenvalue weighted by Crippen LogP contribution is 2.32. The van der Waals surface area contributed by atoms with E-state index in [0.717, 1.165) is 37.9 Å². The smallest absolute Gasteiger partial charge is 0.300 e. The van der Waals surface area contributed by atoms with E-state index in [-0.39, 0.29) is 26.7 Å². The van der Waals surface area contributed by atoms with Crippen LogP contribution in [0.25, 0.3) is 5.69 Å². The number of hydrogen-bond acceptors (Lipinski definition) is 4. The average molecular weight is 439 g/mol. The lowest BCUT2D eigenvalue weighted by Crippen LogP contribution is -2.43. The summed E-state index contributed by atoms with van der Waals surface area (Å²) in [4.78, 5) is 36.2. The molecule has 0 radical (unpaired) electrons. The van der Waals surface area contributed by atoms with Gasteiger partial charge in [0.15, 0.2) is 0 Å². The van der Waals surface area contributed by atoms with Gasteiger partial charge in [-0.15, -0.1) is 11.8 Å². The molecule has 0 saturated carbocycles. The van der Waals surface area contributed by atoms with E-state index in [1.807, 2.05) is 0 Å². The lowest BCUT2D eigenvalue weighted by Gasteiger charge is -2.17. The second-order valence-electron chi connectivity index (χ2n) is 5.99. The number of carbonyl (C=O) groups is 1. The highest BCUT2D eigenvalue weighted by Gasteiger charge is 2.38. The maximum absolute atomic E-state index is 14.4. The predicted molar refractivity (Wildman–Crippen MR) is 98.0 cm³/mol. The largest absolute Gasteiger partial charge is 0.432 e. The van der Waals surface area contributed by atoms with Crippen molar-refractivity contribution in [3.63, 3.8) is 0 Å². The molecule has 1 heterocycles. The van der Waals surface area contributed by atoms with Crippen LogP contribution in [0.3, 0.4) is 0 Å². The lowest BCUT2D eigenvalue weighted by molar-refractivity contribution is -0.144. The zero-order valence-electron chi connectivity index (χ0n) is 15.0. The van der Waals surface area contributed by atoms with Crippen molar-refractivity contribution >= 4 is 29.1 Å². The number of halogens is 5. The number of rotatable bonds is 5. The van der Waals surface area contributed by atoms with Crippen molar-refractivity contribution in [3.8, 4) is 5.69 Å². The molecule has 0 aliphatic carbocycles. The van der Waals surface area contributed by atoms with Gasteiger partial charge >= 0.3 is 11.9 Å². The molecule has 1 aromatic carbocycles. The minimum Gasteiger partial charge on any atom is -0.300 e. The van der Waals surface area contributed by atoms with Crippen molar-refractivity contribution in [2.45, 2.75) is 31.3 Å². The fraction of sp³-hybridized carbons (Fsp3) is 0.353. The molecule has 11 heteroatoms. The molecule has 2 aromatic rings. The molecule has 0 N–H and O–H groups in total. The van der Waals surface area contributed by atoms with Gasteiger partial charge in [-0.25, -0.2) is 13.8 Å². The predicted octanol–water partition coefficient (Wildman–Crippen LogP) is 3.73. The van der Waals surface area contributed by atoms with Crippen LogP contribution < -0.4 is 11.2 Å². The topological polar surface area (TPSA) is 61.1 Å². The number of ketones is 1. The minimum absolute atomic E-state index is 0.0108. The average Bonchev–Trinajstić information content (AvgIpc) is 2.55. The van der Waals surface area contributed by atoms with E-state index in [0.29, 0.717) is 10.3 Å². The first-order chi connectivity index (χ1) is 12.9. The van der Waals surface area contributed by atoms with Gasteiger partial charge in [0.2, 0.25) is 0 Å². The van der Waals surface area contributed by atoms with Gasteiger partial charge < -0.3 is 0 Å². The first-order valence-corrected chi connectivity index (χ1v) is 9.24. The minimum atomic E-state index is -4.93. The summed E-state index contributed by atoms with van der Waals surface area (Å²) in [5.41, 5.74) is -5.28. The van der Waals surface area contributed by atoms with Crippen LogP contribution in [0, 0.1) is 12.7 Å². The van der Waals surface area contributed by atoms with Gasteiger partial charge in [0.1, 0.15) is 17.3 Å². The molecule has 0 unspecified atom stereocenters. The van der Waals surface area contributed by atoms with Crippen LogP contribution in [-0.4, -0.2) is 20.7 Å². The summed E-state index contributed by atoms with van der Waals surface area (Å²) in [6.45, 7) is 2.31. The van der Waals surface area contributed by atoms with Crippen molar-refractivity contribution in [3.05, 3.63) is 55.1 Å². The van der Waals surface area contributed by atoms with Crippen LogP contribution >= 0.6 is 23.4 Å². The summed E-state index contributed by atoms with van der Waals surface area (Å²) >= 11 is 7.06. The Kier molecular flexibility index (Phi) is 6.44. The second kappa shape index (κ2) is 8.12. The van der Waals surface area contributed by atoms with Gasteiger partial charge in [0.25, 0.3) is 5.56 Å². The van der Waals surface area contributed by atoms with E-state index in [4.69, 9.17) is 11.6 Å². The van der Waals surface area contributed by atoms with Gasteiger partial charge in [0.05, 0.1) is 10.7 Å². The number of hydrogen-bond donors (Lipinski definition) is 0. The number of benzene rings is 1. The van der Waals surface area contributed by atoms with Crippen molar-refractivity contribution in [2.75, 3.05) is 5.75 Å². The van der Waals surface area contributed by atoms with E-state index < -0.39 is 40.2 Å². The highest BCUT2D eigenvalue weighted by atomic mass is 35.5. The number of Topliss-reactive ketones (excluding diaryl/α,β-unsaturated/α-hetero) is 1. The SMILES string of the molecule is CC(=O)CCSc1cc(-n2c(=O)c(C)c(C(F)(F)F)n(C)c2=O)c(F)cc1Cl. The Labute approximate surface area is 165 Å². The van der Waals surface area contributed by atoms with Crippen molar-refractivity contribution < 1.29 is 22.4 Å². The molecule has 0 spiro atoms. The summed E-state index contributed by atoms with van der Waals surface area (Å²) in [6, 6.07) is 1.98. The molecule has 0 atom stereocenters. The molecular weight excluding hydrogens is 424 g/mol. The molecule has 0 fully saturated rings. The molecule has 0 amide bonds. The molecule has 0 aliphatic rings. The van der Waals surface area contributed by atoms with Crippen molar-refractivity contribution in [1.29, 1.82) is 0 Å². The van der Waals surface area contributed by atoms with Crippen molar-refractivity contribution in [2.24, 2.45) is 7.05 Å². The van der Waals surface area contributed by atoms with E-state index in [1.54, 1.807) is 0 Å². The van der Waals surface area contributed by atoms with Gasteiger partial charge in [-0.3, -0.25) is 14.2 Å². The zero-order valence-corrected chi connectivity index (χ0v) is 16.6. The van der Waals surface area contributed by atoms with Crippen LogP contribution in [0.4, 0.5) is 17.6 Å². The third kappa shape index (κ3) is 4.33. The maximum atomic E-state index is 14.4. The number of thioether (sulfide) groups is 1. The van der Waals surface area contributed by atoms with Crippen LogP contribution in [0.2, 0.25) is 5.02 Å². The first-order valence-electron chi connectivity index (χ1n) is 7.87. The van der Waals surface area contributed by atoms with Gasteiger partial charge in [0, 0.05) is 29.7 Å². The third-order valence-corrected chi connectivity index (χ3v) is 5.40. The Morgan fingerprint density at radius 3 is 2.39 bits per heavy atom. The Morgan fingerprint density at radius 2 is 1.86 bits per heavy atom. The Bertz CT molecular complexity index is 1020. The van der Waals surface area contributed by atoms with Crippen LogP contribution in [0.15, 0.2) is 26.6 Å². The Balaban J connectivity index is 2.70. The van der Waals surface area contributed by atoms with Gasteiger partial charge in [-0.1, -0.05) is 11.6 Å². The number of nitrogens with zero attached hydrogens (tertiary/aromatic N) is 2. The van der Waals surface area contributed by atoms with Gasteiger partial charge in [-0.05, 0) is 26.0 Å². The summed E-state index contributed by atoms with van der Waals surface area (Å²) < 4.78 is 54.6. The second-order valence-corrected chi connectivity index (χ2v) is 7.53. The molecule has 5 nitrogen and oxygen atoms in total. The molecule has 1 aromatic heterocycles. The summed E-state index contributed by atoms with van der Waals surface area (Å²) in [5.74, 6) is -0.798. The highest BCUT2D eigenvalue weighted by molar-refractivity contribution is 7.99. The molecular formula is C17H15ClF4N2O3S. The summed E-state index contributed by atoms with van der Waals surface area (Å²) in [6.07, 6.45) is -4.71. The van der Waals surface area contributed by atoms with E-state index >= 15 is 0 Å². The molecule has 152 valence electrons. The number of carbonyl (C=O) groups excluding carboxylic acids is 1. The zero-order chi connectivity index (χ0) is 21.4. The first kappa shape index (κ1) is 22.2. The third-order valence-electron chi connectivity index (χ3n) is 3.92. The van der Waals surface area contributed by atoms with E-state index in [1.165, 1.54) is 6.92 Å². The molecule has 0 bridgehead atoms. The fourth-order valence-electron chi connectivity index (χ4n) is 2.57. The normalized spacial score (nSPS) is 11.7. The van der Waals surface area contributed by atoms with E-state index in [9.17, 15) is 31.9 Å². The molecule has 0 aliphatic heterocycles. The standard InChI is InChI=1S/C17H15ClF4N2O3S/c1-8(25)4-5-28-13-7-12(11(19)6-10(13)18)24-15(26)9(2)14(17(20,21)22)23(3)16(24)27/h6-7H,4-5H2,1-3H3. The van der Waals surface area contributed by atoms with Crippen LogP contribution in [-0.2, 0) is 18.0 Å². The fourth-order valence-corrected chi connectivity index (χ4v) is 3.89. The molecule has 28 heavy (non-hydrogen) atoms.